The number of carbonyl (C=O) groups is 2. The molecule has 0 aliphatic carbocycles. The van der Waals surface area contributed by atoms with E-state index in [1.54, 1.807) is 43.3 Å². The zero-order chi connectivity index (χ0) is 17.0. The Bertz CT molecular complexity index is 728. The van der Waals surface area contributed by atoms with Crippen molar-refractivity contribution in [3.8, 4) is 5.75 Å². The Morgan fingerprint density at radius 1 is 1.13 bits per heavy atom. The summed E-state index contributed by atoms with van der Waals surface area (Å²) in [5.74, 6) is -0.618. The van der Waals surface area contributed by atoms with Crippen LogP contribution in [0, 0.1) is 6.92 Å². The van der Waals surface area contributed by atoms with E-state index in [0.29, 0.717) is 16.9 Å². The number of nitrogens with one attached hydrogen (secondary N) is 1. The molecule has 0 fully saturated rings. The van der Waals surface area contributed by atoms with Crippen LogP contribution < -0.4 is 15.8 Å². The molecular weight excluding hydrogens is 292 g/mol. The molecule has 2 aromatic rings. The highest BCUT2D eigenvalue weighted by Crippen LogP contribution is 2.24. The fourth-order valence-electron chi connectivity index (χ4n) is 2.34. The number of hydrogen-bond donors (Lipinski definition) is 2. The fourth-order valence-corrected chi connectivity index (χ4v) is 2.34. The van der Waals surface area contributed by atoms with E-state index in [0.717, 1.165) is 5.56 Å². The molecule has 0 aliphatic heterocycles. The molecule has 0 saturated carbocycles. The Kier molecular flexibility index (Phi) is 4.69. The van der Waals surface area contributed by atoms with Crippen molar-refractivity contribution in [1.82, 2.24) is 5.32 Å². The van der Waals surface area contributed by atoms with Gasteiger partial charge in [0.15, 0.2) is 0 Å². The molecule has 120 valence electrons. The van der Waals surface area contributed by atoms with Crippen LogP contribution in [0.5, 0.6) is 5.75 Å². The van der Waals surface area contributed by atoms with Crippen LogP contribution in [0.15, 0.2) is 48.5 Å². The van der Waals surface area contributed by atoms with Gasteiger partial charge in [-0.05, 0) is 31.5 Å². The first kappa shape index (κ1) is 16.5. The van der Waals surface area contributed by atoms with Crippen LogP contribution in [-0.2, 0) is 10.3 Å². The highest BCUT2D eigenvalue weighted by Gasteiger charge is 2.35. The van der Waals surface area contributed by atoms with Gasteiger partial charge in [-0.2, -0.15) is 0 Å². The lowest BCUT2D eigenvalue weighted by atomic mass is 9.90. The van der Waals surface area contributed by atoms with E-state index in [2.05, 4.69) is 5.32 Å². The molecule has 5 heteroatoms. The minimum absolute atomic E-state index is 0.357. The largest absolute Gasteiger partial charge is 0.496 e. The summed E-state index contributed by atoms with van der Waals surface area (Å²) in [6.07, 6.45) is 0. The van der Waals surface area contributed by atoms with Crippen LogP contribution in [0.3, 0.4) is 0 Å². The molecule has 1 unspecified atom stereocenters. The minimum atomic E-state index is -1.31. The Hall–Kier alpha value is -2.82. The van der Waals surface area contributed by atoms with Crippen molar-refractivity contribution in [2.24, 2.45) is 5.73 Å². The highest BCUT2D eigenvalue weighted by atomic mass is 16.5. The standard InChI is InChI=1S/C18H20N2O3/c1-12-9-10-15(23-3)14(11-12)16(21)20-18(2,17(19)22)13-7-5-4-6-8-13/h4-11H,1-3H3,(H2,19,22)(H,20,21). The van der Waals surface area contributed by atoms with E-state index in [9.17, 15) is 9.59 Å². The molecule has 0 aromatic heterocycles. The normalized spacial score (nSPS) is 13.0. The summed E-state index contributed by atoms with van der Waals surface area (Å²) in [6.45, 7) is 3.46. The summed E-state index contributed by atoms with van der Waals surface area (Å²) >= 11 is 0. The minimum Gasteiger partial charge on any atom is -0.496 e. The molecule has 2 aromatic carbocycles. The van der Waals surface area contributed by atoms with Gasteiger partial charge in [-0.3, -0.25) is 9.59 Å². The Morgan fingerprint density at radius 3 is 2.35 bits per heavy atom. The van der Waals surface area contributed by atoms with Crippen LogP contribution in [0.1, 0.15) is 28.4 Å². The average Bonchev–Trinajstić information content (AvgIpc) is 2.55. The number of benzene rings is 2. The molecule has 0 spiro atoms. The first-order chi connectivity index (χ1) is 10.9. The third-order valence-corrected chi connectivity index (χ3v) is 3.81. The lowest BCUT2D eigenvalue weighted by molar-refractivity contribution is -0.123. The van der Waals surface area contributed by atoms with Crippen molar-refractivity contribution >= 4 is 11.8 Å². The monoisotopic (exact) mass is 312 g/mol. The maximum absolute atomic E-state index is 12.7. The predicted octanol–water partition coefficient (Wildman–Crippen LogP) is 2.13. The number of amides is 2. The van der Waals surface area contributed by atoms with Crippen LogP contribution >= 0.6 is 0 Å². The highest BCUT2D eigenvalue weighted by molar-refractivity contribution is 6.01. The van der Waals surface area contributed by atoms with Crippen LogP contribution in [0.2, 0.25) is 0 Å². The molecule has 0 heterocycles. The van der Waals surface area contributed by atoms with E-state index in [1.165, 1.54) is 7.11 Å². The molecule has 2 amide bonds. The number of primary amides is 1. The fraction of sp³-hybridized carbons (Fsp3) is 0.222. The second kappa shape index (κ2) is 6.52. The number of hydrogen-bond acceptors (Lipinski definition) is 3. The first-order valence-corrected chi connectivity index (χ1v) is 7.21. The number of aryl methyl sites for hydroxylation is 1. The van der Waals surface area contributed by atoms with Crippen LogP contribution in [0.25, 0.3) is 0 Å². The summed E-state index contributed by atoms with van der Waals surface area (Å²) in [5, 5.41) is 2.73. The Morgan fingerprint density at radius 2 is 1.78 bits per heavy atom. The molecule has 2 rings (SSSR count). The second-order valence-corrected chi connectivity index (χ2v) is 5.51. The topological polar surface area (TPSA) is 81.4 Å². The van der Waals surface area contributed by atoms with Crippen molar-refractivity contribution in [3.05, 3.63) is 65.2 Å². The van der Waals surface area contributed by atoms with Gasteiger partial charge >= 0.3 is 0 Å². The van der Waals surface area contributed by atoms with E-state index >= 15 is 0 Å². The maximum Gasteiger partial charge on any atom is 0.256 e. The smallest absolute Gasteiger partial charge is 0.256 e. The van der Waals surface area contributed by atoms with Gasteiger partial charge in [-0.1, -0.05) is 42.0 Å². The summed E-state index contributed by atoms with van der Waals surface area (Å²) in [5.41, 5.74) is 6.12. The zero-order valence-corrected chi connectivity index (χ0v) is 13.4. The summed E-state index contributed by atoms with van der Waals surface area (Å²) < 4.78 is 5.23. The van der Waals surface area contributed by atoms with Crippen molar-refractivity contribution in [2.75, 3.05) is 7.11 Å². The lowest BCUT2D eigenvalue weighted by Gasteiger charge is -2.28. The number of rotatable bonds is 5. The van der Waals surface area contributed by atoms with Crippen LogP contribution in [-0.4, -0.2) is 18.9 Å². The molecule has 23 heavy (non-hydrogen) atoms. The van der Waals surface area contributed by atoms with Gasteiger partial charge in [0.1, 0.15) is 11.3 Å². The number of methoxy groups -OCH3 is 1. The molecule has 0 radical (unpaired) electrons. The van der Waals surface area contributed by atoms with Crippen LogP contribution in [0.4, 0.5) is 0 Å². The lowest BCUT2D eigenvalue weighted by Crippen LogP contribution is -2.52. The number of nitrogens with two attached hydrogens (primary N) is 1. The molecular formula is C18H20N2O3. The molecule has 0 bridgehead atoms. The second-order valence-electron chi connectivity index (χ2n) is 5.51. The summed E-state index contributed by atoms with van der Waals surface area (Å²) in [4.78, 5) is 24.7. The average molecular weight is 312 g/mol. The maximum atomic E-state index is 12.7. The Labute approximate surface area is 135 Å². The summed E-state index contributed by atoms with van der Waals surface area (Å²) in [7, 11) is 1.49. The third-order valence-electron chi connectivity index (χ3n) is 3.81. The summed E-state index contributed by atoms with van der Waals surface area (Å²) in [6, 6.07) is 14.2. The van der Waals surface area contributed by atoms with Gasteiger partial charge in [-0.15, -0.1) is 0 Å². The van der Waals surface area contributed by atoms with Gasteiger partial charge in [0.05, 0.1) is 12.7 Å². The van der Waals surface area contributed by atoms with Crippen molar-refractivity contribution in [3.63, 3.8) is 0 Å². The van der Waals surface area contributed by atoms with Gasteiger partial charge in [0.25, 0.3) is 5.91 Å². The molecule has 0 aliphatic rings. The van der Waals surface area contributed by atoms with Gasteiger partial charge < -0.3 is 15.8 Å². The quantitative estimate of drug-likeness (QED) is 0.887. The number of ether oxygens (including phenoxy) is 1. The van der Waals surface area contributed by atoms with Gasteiger partial charge in [0.2, 0.25) is 5.91 Å². The number of carbonyl (C=O) groups excluding carboxylic acids is 2. The molecule has 1 atom stereocenters. The van der Waals surface area contributed by atoms with E-state index in [4.69, 9.17) is 10.5 Å². The zero-order valence-electron chi connectivity index (χ0n) is 13.4. The van der Waals surface area contributed by atoms with Crippen molar-refractivity contribution in [1.29, 1.82) is 0 Å². The SMILES string of the molecule is COc1ccc(C)cc1C(=O)NC(C)(C(N)=O)c1ccccc1. The van der Waals surface area contributed by atoms with Crippen molar-refractivity contribution < 1.29 is 14.3 Å². The Balaban J connectivity index is 2.40. The predicted molar refractivity (Wildman–Crippen MR) is 88.2 cm³/mol. The van der Waals surface area contributed by atoms with Crippen molar-refractivity contribution in [2.45, 2.75) is 19.4 Å². The molecule has 5 nitrogen and oxygen atoms in total. The van der Waals surface area contributed by atoms with Gasteiger partial charge in [-0.25, -0.2) is 0 Å². The molecule has 3 N–H and O–H groups in total. The van der Waals surface area contributed by atoms with E-state index in [-0.39, 0.29) is 0 Å². The third kappa shape index (κ3) is 3.34. The van der Waals surface area contributed by atoms with E-state index in [1.807, 2.05) is 19.1 Å². The van der Waals surface area contributed by atoms with Gasteiger partial charge in [0, 0.05) is 0 Å². The molecule has 0 saturated heterocycles. The van der Waals surface area contributed by atoms with E-state index < -0.39 is 17.4 Å². The first-order valence-electron chi connectivity index (χ1n) is 7.21.